The third kappa shape index (κ3) is 3.82. The van der Waals surface area contributed by atoms with Gasteiger partial charge in [0, 0.05) is 25.3 Å². The number of hydrogen-bond donors (Lipinski definition) is 1. The van der Waals surface area contributed by atoms with Crippen LogP contribution >= 0.6 is 0 Å². The molecule has 0 bridgehead atoms. The molecule has 1 saturated heterocycles. The number of hydrogen-bond acceptors (Lipinski definition) is 5. The van der Waals surface area contributed by atoms with Crippen molar-refractivity contribution in [1.29, 1.82) is 0 Å². The highest BCUT2D eigenvalue weighted by Gasteiger charge is 2.22. The molecule has 0 aromatic carbocycles. The van der Waals surface area contributed by atoms with Crippen molar-refractivity contribution in [2.45, 2.75) is 31.8 Å². The zero-order chi connectivity index (χ0) is 16.2. The molecule has 126 valence electrons. The van der Waals surface area contributed by atoms with E-state index in [4.69, 9.17) is 9.47 Å². The quantitative estimate of drug-likeness (QED) is 0.878. The highest BCUT2D eigenvalue weighted by atomic mass is 16.5. The molecule has 1 atom stereocenters. The number of pyridine rings is 1. The van der Waals surface area contributed by atoms with Crippen molar-refractivity contribution in [1.82, 2.24) is 15.2 Å². The van der Waals surface area contributed by atoms with Crippen LogP contribution < -0.4 is 10.1 Å². The van der Waals surface area contributed by atoms with E-state index in [0.717, 1.165) is 51.1 Å². The monoisotopic (exact) mass is 319 g/mol. The number of amides is 1. The van der Waals surface area contributed by atoms with Crippen molar-refractivity contribution in [3.8, 4) is 5.88 Å². The first-order valence-corrected chi connectivity index (χ1v) is 8.32. The summed E-state index contributed by atoms with van der Waals surface area (Å²) < 4.78 is 11.0. The van der Waals surface area contributed by atoms with Gasteiger partial charge in [-0.1, -0.05) is 0 Å². The fourth-order valence-electron chi connectivity index (χ4n) is 3.25. The lowest BCUT2D eigenvalue weighted by molar-refractivity contribution is -0.0226. The van der Waals surface area contributed by atoms with Gasteiger partial charge < -0.3 is 19.7 Å². The van der Waals surface area contributed by atoms with Crippen molar-refractivity contribution in [3.05, 3.63) is 22.9 Å². The van der Waals surface area contributed by atoms with Crippen molar-refractivity contribution < 1.29 is 14.3 Å². The fraction of sp³-hybridized carbons (Fsp3) is 0.647. The standard InChI is InChI=1S/C17H25N3O3/c1-20-8-9-23-13(11-20)6-7-18-16(21)14-10-12-4-3-5-15(12)19-17(14)22-2/h10,13H,3-9,11H2,1-2H3,(H,18,21)/t13-/m0/s1. The van der Waals surface area contributed by atoms with Gasteiger partial charge >= 0.3 is 0 Å². The van der Waals surface area contributed by atoms with E-state index >= 15 is 0 Å². The van der Waals surface area contributed by atoms with E-state index in [1.165, 1.54) is 5.56 Å². The Bertz CT molecular complexity index is 576. The molecule has 0 spiro atoms. The Hall–Kier alpha value is -1.66. The first-order valence-electron chi connectivity index (χ1n) is 8.32. The van der Waals surface area contributed by atoms with Gasteiger partial charge in [-0.05, 0) is 44.4 Å². The molecule has 0 unspecified atom stereocenters. The van der Waals surface area contributed by atoms with Crippen LogP contribution in [0.1, 0.15) is 34.5 Å². The molecule has 1 aliphatic carbocycles. The number of nitrogens with one attached hydrogen (secondary N) is 1. The summed E-state index contributed by atoms with van der Waals surface area (Å²) in [6, 6.07) is 1.94. The number of carbonyl (C=O) groups excluding carboxylic acids is 1. The zero-order valence-electron chi connectivity index (χ0n) is 13.9. The molecule has 1 amide bonds. The van der Waals surface area contributed by atoms with E-state index in [9.17, 15) is 4.79 Å². The minimum atomic E-state index is -0.117. The maximum Gasteiger partial charge on any atom is 0.256 e. The number of rotatable bonds is 5. The van der Waals surface area contributed by atoms with Crippen molar-refractivity contribution in [2.75, 3.05) is 40.4 Å². The van der Waals surface area contributed by atoms with E-state index < -0.39 is 0 Å². The molecule has 1 aromatic rings. The van der Waals surface area contributed by atoms with E-state index in [0.29, 0.717) is 18.0 Å². The van der Waals surface area contributed by atoms with Crippen LogP contribution in [0, 0.1) is 0 Å². The van der Waals surface area contributed by atoms with Crippen molar-refractivity contribution in [2.24, 2.45) is 0 Å². The Morgan fingerprint density at radius 3 is 3.17 bits per heavy atom. The highest BCUT2D eigenvalue weighted by Crippen LogP contribution is 2.26. The number of nitrogens with zero attached hydrogens (tertiary/aromatic N) is 2. The molecule has 0 radical (unpaired) electrons. The number of likely N-dealkylation sites (N-methyl/N-ethyl adjacent to an activating group) is 1. The van der Waals surface area contributed by atoms with Crippen LogP contribution in [0.5, 0.6) is 5.88 Å². The lowest BCUT2D eigenvalue weighted by atomic mass is 10.1. The second kappa shape index (κ2) is 7.27. The largest absolute Gasteiger partial charge is 0.480 e. The summed E-state index contributed by atoms with van der Waals surface area (Å²) in [6.45, 7) is 3.25. The van der Waals surface area contributed by atoms with Crippen LogP contribution in [0.4, 0.5) is 0 Å². The summed E-state index contributed by atoms with van der Waals surface area (Å²) in [7, 11) is 3.65. The van der Waals surface area contributed by atoms with Gasteiger partial charge in [-0.3, -0.25) is 4.79 Å². The first kappa shape index (κ1) is 16.2. The van der Waals surface area contributed by atoms with Crippen molar-refractivity contribution >= 4 is 5.91 Å². The van der Waals surface area contributed by atoms with E-state index in [-0.39, 0.29) is 12.0 Å². The summed E-state index contributed by atoms with van der Waals surface area (Å²) in [4.78, 5) is 19.2. The van der Waals surface area contributed by atoms with Crippen LogP contribution in [-0.4, -0.2) is 62.3 Å². The molecular weight excluding hydrogens is 294 g/mol. The van der Waals surface area contributed by atoms with Crippen LogP contribution in [0.25, 0.3) is 0 Å². The number of methoxy groups -OCH3 is 1. The van der Waals surface area contributed by atoms with Gasteiger partial charge in [0.15, 0.2) is 0 Å². The molecule has 6 nitrogen and oxygen atoms in total. The molecule has 1 N–H and O–H groups in total. The summed E-state index contributed by atoms with van der Waals surface area (Å²) in [5.41, 5.74) is 2.78. The number of fused-ring (bicyclic) bond motifs is 1. The molecule has 23 heavy (non-hydrogen) atoms. The highest BCUT2D eigenvalue weighted by molar-refractivity contribution is 5.96. The topological polar surface area (TPSA) is 63.7 Å². The summed E-state index contributed by atoms with van der Waals surface area (Å²) in [5, 5.41) is 2.97. The number of aryl methyl sites for hydroxylation is 2. The molecule has 2 aliphatic rings. The van der Waals surface area contributed by atoms with E-state index in [1.807, 2.05) is 6.07 Å². The molecule has 1 aromatic heterocycles. The lowest BCUT2D eigenvalue weighted by Crippen LogP contribution is -2.41. The Balaban J connectivity index is 1.58. The van der Waals surface area contributed by atoms with Crippen LogP contribution in [0.2, 0.25) is 0 Å². The molecule has 0 saturated carbocycles. The third-order valence-electron chi connectivity index (χ3n) is 4.55. The average molecular weight is 319 g/mol. The van der Waals surface area contributed by atoms with Crippen LogP contribution in [0.3, 0.4) is 0 Å². The SMILES string of the molecule is COc1nc2c(cc1C(=O)NCC[C@H]1CN(C)CCO1)CCC2. The maximum atomic E-state index is 12.4. The maximum absolute atomic E-state index is 12.4. The number of carbonyl (C=O) groups is 1. The van der Waals surface area contributed by atoms with Crippen molar-refractivity contribution in [3.63, 3.8) is 0 Å². The normalized spacial score (nSPS) is 21.0. The van der Waals surface area contributed by atoms with Gasteiger partial charge in [0.05, 0.1) is 19.8 Å². The average Bonchev–Trinajstić information content (AvgIpc) is 3.00. The second-order valence-corrected chi connectivity index (χ2v) is 6.30. The number of morpholine rings is 1. The zero-order valence-corrected chi connectivity index (χ0v) is 13.9. The Kier molecular flexibility index (Phi) is 5.13. The van der Waals surface area contributed by atoms with E-state index in [2.05, 4.69) is 22.2 Å². The minimum Gasteiger partial charge on any atom is -0.480 e. The van der Waals surface area contributed by atoms with Gasteiger partial charge in [-0.25, -0.2) is 4.98 Å². The molecule has 1 fully saturated rings. The smallest absolute Gasteiger partial charge is 0.256 e. The third-order valence-corrected chi connectivity index (χ3v) is 4.55. The predicted molar refractivity (Wildman–Crippen MR) is 87.0 cm³/mol. The molecular formula is C17H25N3O3. The summed E-state index contributed by atoms with van der Waals surface area (Å²) >= 11 is 0. The molecule has 6 heteroatoms. The predicted octanol–water partition coefficient (Wildman–Crippen LogP) is 1.03. The molecule has 3 rings (SSSR count). The molecule has 1 aliphatic heterocycles. The fourth-order valence-corrected chi connectivity index (χ4v) is 3.25. The Morgan fingerprint density at radius 1 is 1.52 bits per heavy atom. The lowest BCUT2D eigenvalue weighted by Gasteiger charge is -2.30. The molecule has 2 heterocycles. The Morgan fingerprint density at radius 2 is 2.39 bits per heavy atom. The van der Waals surface area contributed by atoms with Gasteiger partial charge in [0.1, 0.15) is 5.56 Å². The van der Waals surface area contributed by atoms with Gasteiger partial charge in [-0.2, -0.15) is 0 Å². The number of ether oxygens (including phenoxy) is 2. The van der Waals surface area contributed by atoms with Crippen LogP contribution in [0.15, 0.2) is 6.07 Å². The Labute approximate surface area is 137 Å². The van der Waals surface area contributed by atoms with Gasteiger partial charge in [-0.15, -0.1) is 0 Å². The minimum absolute atomic E-state index is 0.117. The van der Waals surface area contributed by atoms with Crippen LogP contribution in [-0.2, 0) is 17.6 Å². The van der Waals surface area contributed by atoms with E-state index in [1.54, 1.807) is 7.11 Å². The second-order valence-electron chi connectivity index (χ2n) is 6.30. The summed E-state index contributed by atoms with van der Waals surface area (Å²) in [5.74, 6) is 0.310. The number of aromatic nitrogens is 1. The first-order chi connectivity index (χ1) is 11.2. The summed E-state index contributed by atoms with van der Waals surface area (Å²) in [6.07, 6.45) is 4.07. The van der Waals surface area contributed by atoms with Gasteiger partial charge in [0.2, 0.25) is 5.88 Å². The van der Waals surface area contributed by atoms with Gasteiger partial charge in [0.25, 0.3) is 5.91 Å².